The first kappa shape index (κ1) is 14.1. The van der Waals surface area contributed by atoms with Gasteiger partial charge in [-0.05, 0) is 36.4 Å². The number of aromatic nitrogens is 1. The topological polar surface area (TPSA) is 34.2 Å². The van der Waals surface area contributed by atoms with Gasteiger partial charge in [0.15, 0.2) is 11.5 Å². The van der Waals surface area contributed by atoms with Gasteiger partial charge in [0.2, 0.25) is 0 Å². The quantitative estimate of drug-likeness (QED) is 0.723. The van der Waals surface area contributed by atoms with Gasteiger partial charge in [0, 0.05) is 22.2 Å². The maximum atomic E-state index is 6.05. The summed E-state index contributed by atoms with van der Waals surface area (Å²) in [6.07, 6.45) is 0. The lowest BCUT2D eigenvalue weighted by atomic mass is 10.1. The highest BCUT2D eigenvalue weighted by atomic mass is 35.5. The lowest BCUT2D eigenvalue weighted by Gasteiger charge is -2.08. The summed E-state index contributed by atoms with van der Waals surface area (Å²) < 4.78 is 10.6. The third kappa shape index (κ3) is 2.55. The fourth-order valence-corrected chi connectivity index (χ4v) is 2.62. The average molecular weight is 322 g/mol. The minimum Gasteiger partial charge on any atom is -0.493 e. The Kier molecular flexibility index (Phi) is 3.70. The van der Waals surface area contributed by atoms with Crippen LogP contribution in [0.1, 0.15) is 0 Å². The van der Waals surface area contributed by atoms with Crippen molar-refractivity contribution in [3.05, 3.63) is 46.4 Å². The number of H-pyrrole nitrogens is 1. The molecule has 1 heterocycles. The monoisotopic (exact) mass is 321 g/mol. The highest BCUT2D eigenvalue weighted by Crippen LogP contribution is 2.34. The number of halogens is 2. The van der Waals surface area contributed by atoms with Crippen molar-refractivity contribution in [3.63, 3.8) is 0 Å². The Morgan fingerprint density at radius 2 is 1.57 bits per heavy atom. The first-order chi connectivity index (χ1) is 10.1. The van der Waals surface area contributed by atoms with Crippen LogP contribution in [0.4, 0.5) is 0 Å². The predicted octanol–water partition coefficient (Wildman–Crippen LogP) is 5.16. The van der Waals surface area contributed by atoms with E-state index in [1.54, 1.807) is 14.2 Å². The molecule has 5 heteroatoms. The van der Waals surface area contributed by atoms with Crippen LogP contribution in [-0.4, -0.2) is 19.2 Å². The Morgan fingerprint density at radius 3 is 2.29 bits per heavy atom. The van der Waals surface area contributed by atoms with Gasteiger partial charge < -0.3 is 14.5 Å². The third-order valence-corrected chi connectivity index (χ3v) is 4.08. The van der Waals surface area contributed by atoms with E-state index in [-0.39, 0.29) is 0 Å². The van der Waals surface area contributed by atoms with Crippen molar-refractivity contribution in [2.45, 2.75) is 0 Å². The summed E-state index contributed by atoms with van der Waals surface area (Å²) in [5.41, 5.74) is 2.90. The summed E-state index contributed by atoms with van der Waals surface area (Å²) in [7, 11) is 3.23. The number of hydrogen-bond acceptors (Lipinski definition) is 2. The Morgan fingerprint density at radius 1 is 0.857 bits per heavy atom. The van der Waals surface area contributed by atoms with Crippen LogP contribution in [0, 0.1) is 0 Å². The molecule has 21 heavy (non-hydrogen) atoms. The van der Waals surface area contributed by atoms with Crippen molar-refractivity contribution in [1.29, 1.82) is 0 Å². The SMILES string of the molecule is COc1ccc(-c2cc3cc(Cl)c(Cl)cc3[nH]2)cc1OC. The summed E-state index contributed by atoms with van der Waals surface area (Å²) >= 11 is 12.1. The van der Waals surface area contributed by atoms with Crippen LogP contribution >= 0.6 is 23.2 Å². The summed E-state index contributed by atoms with van der Waals surface area (Å²) in [4.78, 5) is 3.33. The number of aromatic amines is 1. The van der Waals surface area contributed by atoms with Gasteiger partial charge in [0.25, 0.3) is 0 Å². The van der Waals surface area contributed by atoms with Gasteiger partial charge in [0.05, 0.1) is 24.3 Å². The molecule has 0 spiro atoms. The van der Waals surface area contributed by atoms with Gasteiger partial charge in [0.1, 0.15) is 0 Å². The molecule has 1 aromatic heterocycles. The van der Waals surface area contributed by atoms with Crippen LogP contribution in [0.5, 0.6) is 11.5 Å². The van der Waals surface area contributed by atoms with E-state index in [0.717, 1.165) is 22.2 Å². The summed E-state index contributed by atoms with van der Waals surface area (Å²) in [6.45, 7) is 0. The number of methoxy groups -OCH3 is 2. The van der Waals surface area contributed by atoms with E-state index in [1.807, 2.05) is 36.4 Å². The largest absolute Gasteiger partial charge is 0.493 e. The zero-order valence-electron chi connectivity index (χ0n) is 11.5. The number of nitrogens with one attached hydrogen (secondary N) is 1. The van der Waals surface area contributed by atoms with Crippen LogP contribution in [0.15, 0.2) is 36.4 Å². The molecule has 108 valence electrons. The zero-order chi connectivity index (χ0) is 15.0. The third-order valence-electron chi connectivity index (χ3n) is 3.36. The molecule has 0 unspecified atom stereocenters. The lowest BCUT2D eigenvalue weighted by Crippen LogP contribution is -1.90. The lowest BCUT2D eigenvalue weighted by molar-refractivity contribution is 0.355. The summed E-state index contributed by atoms with van der Waals surface area (Å²) in [5, 5.41) is 2.08. The fraction of sp³-hybridized carbons (Fsp3) is 0.125. The molecule has 3 aromatic rings. The van der Waals surface area contributed by atoms with E-state index in [9.17, 15) is 0 Å². The van der Waals surface area contributed by atoms with Gasteiger partial charge in [-0.1, -0.05) is 23.2 Å². The van der Waals surface area contributed by atoms with Crippen LogP contribution in [-0.2, 0) is 0 Å². The molecule has 0 aliphatic carbocycles. The maximum absolute atomic E-state index is 6.05. The molecule has 3 rings (SSSR count). The van der Waals surface area contributed by atoms with Gasteiger partial charge in [-0.25, -0.2) is 0 Å². The second kappa shape index (κ2) is 5.51. The van der Waals surface area contributed by atoms with Crippen LogP contribution in [0.25, 0.3) is 22.2 Å². The maximum Gasteiger partial charge on any atom is 0.161 e. The number of hydrogen-bond donors (Lipinski definition) is 1. The van der Waals surface area contributed by atoms with E-state index in [2.05, 4.69) is 4.98 Å². The molecule has 0 atom stereocenters. The van der Waals surface area contributed by atoms with Crippen molar-refractivity contribution >= 4 is 34.1 Å². The molecule has 0 saturated heterocycles. The molecule has 0 aliphatic rings. The normalized spacial score (nSPS) is 10.9. The Labute approximate surface area is 132 Å². The molecule has 0 amide bonds. The number of ether oxygens (including phenoxy) is 2. The molecule has 0 radical (unpaired) electrons. The van der Waals surface area contributed by atoms with Crippen molar-refractivity contribution in [2.24, 2.45) is 0 Å². The predicted molar refractivity (Wildman–Crippen MR) is 86.9 cm³/mol. The molecule has 0 bridgehead atoms. The van der Waals surface area contributed by atoms with E-state index in [0.29, 0.717) is 21.5 Å². The molecule has 1 N–H and O–H groups in total. The van der Waals surface area contributed by atoms with E-state index >= 15 is 0 Å². The first-order valence-corrected chi connectivity index (χ1v) is 7.08. The Balaban J connectivity index is 2.12. The van der Waals surface area contributed by atoms with Gasteiger partial charge in [-0.3, -0.25) is 0 Å². The fourth-order valence-electron chi connectivity index (χ4n) is 2.29. The smallest absolute Gasteiger partial charge is 0.161 e. The highest BCUT2D eigenvalue weighted by Gasteiger charge is 2.10. The average Bonchev–Trinajstić information content (AvgIpc) is 2.89. The molecular formula is C16H13Cl2NO2. The first-order valence-electron chi connectivity index (χ1n) is 6.32. The zero-order valence-corrected chi connectivity index (χ0v) is 13.0. The summed E-state index contributed by atoms with van der Waals surface area (Å²) in [6, 6.07) is 11.5. The number of fused-ring (bicyclic) bond motifs is 1. The van der Waals surface area contributed by atoms with Crippen LogP contribution in [0.2, 0.25) is 10.0 Å². The van der Waals surface area contributed by atoms with E-state index < -0.39 is 0 Å². The minimum absolute atomic E-state index is 0.532. The van der Waals surface area contributed by atoms with Crippen LogP contribution < -0.4 is 9.47 Å². The second-order valence-electron chi connectivity index (χ2n) is 4.61. The van der Waals surface area contributed by atoms with E-state index in [4.69, 9.17) is 32.7 Å². The van der Waals surface area contributed by atoms with Crippen molar-refractivity contribution in [1.82, 2.24) is 4.98 Å². The Bertz CT molecular complexity index is 772. The number of rotatable bonds is 3. The standard InChI is InChI=1S/C16H13Cl2NO2/c1-20-15-4-3-9(7-16(15)21-2)13-6-10-5-11(17)12(18)8-14(10)19-13/h3-8,19H,1-2H3. The van der Waals surface area contributed by atoms with E-state index in [1.165, 1.54) is 0 Å². The highest BCUT2D eigenvalue weighted by molar-refractivity contribution is 6.42. The summed E-state index contributed by atoms with van der Waals surface area (Å²) in [5.74, 6) is 1.38. The second-order valence-corrected chi connectivity index (χ2v) is 5.42. The van der Waals surface area contributed by atoms with Crippen molar-refractivity contribution in [2.75, 3.05) is 14.2 Å². The van der Waals surface area contributed by atoms with Gasteiger partial charge in [-0.15, -0.1) is 0 Å². The molecule has 0 aliphatic heterocycles. The van der Waals surface area contributed by atoms with Crippen molar-refractivity contribution in [3.8, 4) is 22.8 Å². The molecule has 3 nitrogen and oxygen atoms in total. The molecular weight excluding hydrogens is 309 g/mol. The number of benzene rings is 2. The molecule has 0 fully saturated rings. The van der Waals surface area contributed by atoms with Gasteiger partial charge >= 0.3 is 0 Å². The van der Waals surface area contributed by atoms with Crippen LogP contribution in [0.3, 0.4) is 0 Å². The van der Waals surface area contributed by atoms with Gasteiger partial charge in [-0.2, -0.15) is 0 Å². The minimum atomic E-state index is 0.532. The van der Waals surface area contributed by atoms with Crippen molar-refractivity contribution < 1.29 is 9.47 Å². The Hall–Kier alpha value is -1.84. The molecule has 0 saturated carbocycles. The molecule has 2 aromatic carbocycles.